The number of aromatic amines is 1. The SMILES string of the molecule is Cc1cc(/C=N\n2c(C(C)(C)C)n[nH]c2=S)c(C)n1-c1ccnn1C(C)C. The average molecular weight is 386 g/mol. The molecule has 1 N–H and O–H groups in total. The van der Waals surface area contributed by atoms with Gasteiger partial charge in [-0.05, 0) is 46.0 Å². The number of aromatic nitrogens is 6. The van der Waals surface area contributed by atoms with E-state index in [9.17, 15) is 0 Å². The Morgan fingerprint density at radius 2 is 1.96 bits per heavy atom. The molecule has 0 aliphatic rings. The molecule has 0 aromatic carbocycles. The molecule has 3 heterocycles. The van der Waals surface area contributed by atoms with Crippen LogP contribution in [0.2, 0.25) is 0 Å². The second-order valence-corrected chi connectivity index (χ2v) is 8.44. The molecule has 0 atom stereocenters. The van der Waals surface area contributed by atoms with Crippen LogP contribution in [0.3, 0.4) is 0 Å². The molecule has 0 aliphatic carbocycles. The lowest BCUT2D eigenvalue weighted by molar-refractivity contribution is 0.516. The van der Waals surface area contributed by atoms with Crippen LogP contribution in [0.4, 0.5) is 0 Å². The fourth-order valence-corrected chi connectivity index (χ4v) is 3.34. The van der Waals surface area contributed by atoms with Gasteiger partial charge in [-0.3, -0.25) is 5.10 Å². The Labute approximate surface area is 164 Å². The number of H-pyrrole nitrogens is 1. The van der Waals surface area contributed by atoms with Crippen molar-refractivity contribution < 1.29 is 0 Å². The van der Waals surface area contributed by atoms with Crippen molar-refractivity contribution in [2.24, 2.45) is 5.10 Å². The first-order valence-corrected chi connectivity index (χ1v) is 9.47. The highest BCUT2D eigenvalue weighted by Gasteiger charge is 2.21. The van der Waals surface area contributed by atoms with Crippen LogP contribution in [-0.4, -0.2) is 35.4 Å². The fraction of sp³-hybridized carbons (Fsp3) is 0.474. The zero-order valence-corrected chi connectivity index (χ0v) is 17.8. The van der Waals surface area contributed by atoms with Gasteiger partial charge in [-0.2, -0.15) is 20.0 Å². The van der Waals surface area contributed by atoms with Crippen LogP contribution in [0.1, 0.15) is 63.4 Å². The number of hydrogen-bond acceptors (Lipinski definition) is 4. The van der Waals surface area contributed by atoms with Crippen LogP contribution < -0.4 is 0 Å². The lowest BCUT2D eigenvalue weighted by atomic mass is 9.96. The maximum Gasteiger partial charge on any atom is 0.216 e. The van der Waals surface area contributed by atoms with Gasteiger partial charge >= 0.3 is 0 Å². The second-order valence-electron chi connectivity index (χ2n) is 8.05. The van der Waals surface area contributed by atoms with E-state index in [0.29, 0.717) is 4.77 Å². The molecule has 0 bridgehead atoms. The zero-order valence-electron chi connectivity index (χ0n) is 17.0. The molecule has 3 rings (SSSR count). The van der Waals surface area contributed by atoms with E-state index in [0.717, 1.165) is 28.6 Å². The molecule has 0 saturated carbocycles. The van der Waals surface area contributed by atoms with Crippen LogP contribution in [0.5, 0.6) is 0 Å². The van der Waals surface area contributed by atoms with E-state index in [1.165, 1.54) is 0 Å². The summed E-state index contributed by atoms with van der Waals surface area (Å²) in [7, 11) is 0. The molecule has 0 fully saturated rings. The molecule has 7 nitrogen and oxygen atoms in total. The summed E-state index contributed by atoms with van der Waals surface area (Å²) in [6.07, 6.45) is 3.68. The highest BCUT2D eigenvalue weighted by atomic mass is 32.1. The molecule has 8 heteroatoms. The lowest BCUT2D eigenvalue weighted by Gasteiger charge is -2.16. The summed E-state index contributed by atoms with van der Waals surface area (Å²) in [4.78, 5) is 0. The van der Waals surface area contributed by atoms with Crippen LogP contribution in [0.15, 0.2) is 23.4 Å². The van der Waals surface area contributed by atoms with Crippen molar-refractivity contribution in [3.63, 3.8) is 0 Å². The molecule has 0 unspecified atom stereocenters. The van der Waals surface area contributed by atoms with Gasteiger partial charge in [0.15, 0.2) is 5.82 Å². The fourth-order valence-electron chi connectivity index (χ4n) is 3.16. The van der Waals surface area contributed by atoms with Crippen LogP contribution >= 0.6 is 12.2 Å². The predicted molar refractivity (Wildman–Crippen MR) is 111 cm³/mol. The van der Waals surface area contributed by atoms with Gasteiger partial charge in [0.25, 0.3) is 0 Å². The van der Waals surface area contributed by atoms with Crippen molar-refractivity contribution in [2.45, 2.75) is 59.9 Å². The van der Waals surface area contributed by atoms with Crippen LogP contribution in [0, 0.1) is 18.6 Å². The Morgan fingerprint density at radius 1 is 1.26 bits per heavy atom. The van der Waals surface area contributed by atoms with Crippen molar-refractivity contribution in [3.8, 4) is 5.82 Å². The minimum Gasteiger partial charge on any atom is -0.303 e. The molecule has 144 valence electrons. The number of aryl methyl sites for hydroxylation is 1. The van der Waals surface area contributed by atoms with Crippen LogP contribution in [0.25, 0.3) is 5.82 Å². The highest BCUT2D eigenvalue weighted by molar-refractivity contribution is 7.71. The molecule has 0 amide bonds. The van der Waals surface area contributed by atoms with Crippen molar-refractivity contribution >= 4 is 18.4 Å². The van der Waals surface area contributed by atoms with E-state index in [1.807, 2.05) is 23.2 Å². The van der Waals surface area contributed by atoms with E-state index in [-0.39, 0.29) is 11.5 Å². The van der Waals surface area contributed by atoms with E-state index < -0.39 is 0 Å². The summed E-state index contributed by atoms with van der Waals surface area (Å²) in [6.45, 7) is 14.7. The molecule has 3 aromatic heterocycles. The summed E-state index contributed by atoms with van der Waals surface area (Å²) >= 11 is 5.35. The molecule has 0 radical (unpaired) electrons. The van der Waals surface area contributed by atoms with E-state index in [1.54, 1.807) is 4.68 Å². The topological polar surface area (TPSA) is 68.7 Å². The number of nitrogens with one attached hydrogen (secondary N) is 1. The Kier molecular flexibility index (Phi) is 4.94. The van der Waals surface area contributed by atoms with Gasteiger partial charge in [-0.25, -0.2) is 4.68 Å². The van der Waals surface area contributed by atoms with Crippen LogP contribution in [-0.2, 0) is 5.41 Å². The highest BCUT2D eigenvalue weighted by Crippen LogP contribution is 2.23. The Balaban J connectivity index is 2.04. The van der Waals surface area contributed by atoms with Gasteiger partial charge in [-0.1, -0.05) is 20.8 Å². The summed E-state index contributed by atoms with van der Waals surface area (Å²) < 4.78 is 6.40. The maximum atomic E-state index is 5.35. The van der Waals surface area contributed by atoms with Crippen molar-refractivity contribution in [2.75, 3.05) is 0 Å². The van der Waals surface area contributed by atoms with Gasteiger partial charge in [0, 0.05) is 34.5 Å². The van der Waals surface area contributed by atoms with Gasteiger partial charge < -0.3 is 4.57 Å². The molecular weight excluding hydrogens is 358 g/mol. The molecule has 0 aliphatic heterocycles. The summed E-state index contributed by atoms with van der Waals surface area (Å²) in [5, 5.41) is 16.2. The Hall–Kier alpha value is -2.48. The average Bonchev–Trinajstić information content (AvgIpc) is 3.23. The Bertz CT molecular complexity index is 1040. The number of nitrogens with zero attached hydrogens (tertiary/aromatic N) is 6. The molecule has 0 spiro atoms. The smallest absolute Gasteiger partial charge is 0.216 e. The van der Waals surface area contributed by atoms with E-state index in [4.69, 9.17) is 12.2 Å². The molecule has 0 saturated heterocycles. The molecule has 3 aromatic rings. The number of rotatable bonds is 4. The largest absolute Gasteiger partial charge is 0.303 e. The first kappa shape index (κ1) is 19.3. The summed E-state index contributed by atoms with van der Waals surface area (Å²) in [6, 6.07) is 4.44. The van der Waals surface area contributed by atoms with Crippen molar-refractivity contribution in [1.29, 1.82) is 0 Å². The summed E-state index contributed by atoms with van der Waals surface area (Å²) in [5.41, 5.74) is 3.10. The third kappa shape index (κ3) is 3.53. The molecular formula is C19H27N7S. The summed E-state index contributed by atoms with van der Waals surface area (Å²) in [5.74, 6) is 1.85. The second kappa shape index (κ2) is 6.92. The van der Waals surface area contributed by atoms with Gasteiger partial charge in [0.1, 0.15) is 5.82 Å². The van der Waals surface area contributed by atoms with Gasteiger partial charge in [0.05, 0.1) is 12.4 Å². The first-order valence-electron chi connectivity index (χ1n) is 9.06. The first-order chi connectivity index (χ1) is 12.6. The normalized spacial score (nSPS) is 12.6. The predicted octanol–water partition coefficient (Wildman–Crippen LogP) is 4.31. The standard InChI is InChI=1S/C19H27N7S/c1-12(2)25-16(8-9-20-25)24-13(3)10-15(14(24)4)11-21-26-17(19(5,6)7)22-23-18(26)27/h8-12H,1-7H3,(H,23,27)/b21-11-. The maximum absolute atomic E-state index is 5.35. The van der Waals surface area contributed by atoms with E-state index in [2.05, 4.69) is 79.5 Å². The molecule has 27 heavy (non-hydrogen) atoms. The lowest BCUT2D eigenvalue weighted by Crippen LogP contribution is -2.17. The third-order valence-corrected chi connectivity index (χ3v) is 4.74. The van der Waals surface area contributed by atoms with Crippen molar-refractivity contribution in [3.05, 3.63) is 45.9 Å². The Morgan fingerprint density at radius 3 is 2.59 bits per heavy atom. The van der Waals surface area contributed by atoms with E-state index >= 15 is 0 Å². The van der Waals surface area contributed by atoms with Gasteiger partial charge in [-0.15, -0.1) is 0 Å². The monoisotopic (exact) mass is 385 g/mol. The quantitative estimate of drug-likeness (QED) is 0.537. The third-order valence-electron chi connectivity index (χ3n) is 4.47. The minimum atomic E-state index is -0.161. The number of hydrogen-bond donors (Lipinski definition) is 1. The minimum absolute atomic E-state index is 0.161. The zero-order chi connectivity index (χ0) is 19.9. The van der Waals surface area contributed by atoms with Gasteiger partial charge in [0.2, 0.25) is 4.77 Å². The van der Waals surface area contributed by atoms with Crippen molar-refractivity contribution in [1.82, 2.24) is 29.2 Å².